The molecule has 25 heavy (non-hydrogen) atoms. The number of nitrogens with two attached hydrogens (primary N) is 1. The predicted octanol–water partition coefficient (Wildman–Crippen LogP) is 3.60. The van der Waals surface area contributed by atoms with E-state index in [1.54, 1.807) is 10.9 Å². The maximum atomic E-state index is 13.0. The number of nitrogens with zero attached hydrogens (tertiary/aromatic N) is 3. The van der Waals surface area contributed by atoms with Crippen molar-refractivity contribution in [2.45, 2.75) is 45.2 Å². The summed E-state index contributed by atoms with van der Waals surface area (Å²) in [5.41, 5.74) is 8.34. The van der Waals surface area contributed by atoms with Gasteiger partial charge in [0.1, 0.15) is 0 Å². The van der Waals surface area contributed by atoms with Crippen LogP contribution in [-0.2, 0) is 0 Å². The molecule has 1 aromatic carbocycles. The molecule has 1 saturated heterocycles. The molecule has 136 valence electrons. The highest BCUT2D eigenvalue weighted by atomic mass is 35.5. The van der Waals surface area contributed by atoms with Crippen LogP contribution in [0.4, 0.5) is 0 Å². The molecule has 1 aliphatic heterocycles. The first-order chi connectivity index (χ1) is 11.5. The van der Waals surface area contributed by atoms with Crippen molar-refractivity contribution in [2.24, 2.45) is 5.73 Å². The number of piperidine rings is 1. The van der Waals surface area contributed by atoms with Gasteiger partial charge < -0.3 is 10.6 Å². The van der Waals surface area contributed by atoms with Gasteiger partial charge in [0.2, 0.25) is 0 Å². The first-order valence-corrected chi connectivity index (χ1v) is 8.74. The maximum Gasteiger partial charge on any atom is 0.257 e. The summed E-state index contributed by atoms with van der Waals surface area (Å²) in [6, 6.07) is 7.47. The minimum absolute atomic E-state index is 0. The lowest BCUT2D eigenvalue weighted by molar-refractivity contribution is 0.0583. The van der Waals surface area contributed by atoms with Crippen molar-refractivity contribution in [3.63, 3.8) is 0 Å². The molecule has 2 aromatic rings. The van der Waals surface area contributed by atoms with Gasteiger partial charge in [0, 0.05) is 29.8 Å². The third-order valence-electron chi connectivity index (χ3n) is 4.64. The van der Waals surface area contributed by atoms with Gasteiger partial charge in [-0.05, 0) is 57.4 Å². The molecule has 5 nitrogen and oxygen atoms in total. The highest BCUT2D eigenvalue weighted by molar-refractivity contribution is 6.30. The van der Waals surface area contributed by atoms with Crippen LogP contribution >= 0.6 is 24.0 Å². The monoisotopic (exact) mass is 382 g/mol. The Kier molecular flexibility index (Phi) is 6.49. The third-order valence-corrected chi connectivity index (χ3v) is 4.89. The van der Waals surface area contributed by atoms with Crippen molar-refractivity contribution < 1.29 is 4.79 Å². The predicted molar refractivity (Wildman–Crippen MR) is 103 cm³/mol. The molecule has 2 heterocycles. The number of halogens is 2. The smallest absolute Gasteiger partial charge is 0.257 e. The normalized spacial score (nSPS) is 18.6. The molecule has 0 saturated carbocycles. The zero-order chi connectivity index (χ0) is 17.3. The van der Waals surface area contributed by atoms with Gasteiger partial charge in [-0.1, -0.05) is 11.6 Å². The van der Waals surface area contributed by atoms with Crippen molar-refractivity contribution in [1.29, 1.82) is 0 Å². The molecule has 2 N–H and O–H groups in total. The topological polar surface area (TPSA) is 64.2 Å². The van der Waals surface area contributed by atoms with Crippen LogP contribution in [0.25, 0.3) is 5.69 Å². The van der Waals surface area contributed by atoms with Crippen LogP contribution in [0.1, 0.15) is 42.2 Å². The van der Waals surface area contributed by atoms with Gasteiger partial charge in [-0.25, -0.2) is 4.68 Å². The average molecular weight is 383 g/mol. The first-order valence-electron chi connectivity index (χ1n) is 8.36. The number of carbonyl (C=O) groups is 1. The standard InChI is InChI=1S/C18H23ClN4O.ClH/c1-12(20)17-5-3-4-10-22(17)18(24)16-11-23(21-13(16)2)15-8-6-14(19)7-9-15;/h6-9,11-12,17H,3-5,10,20H2,1-2H3;1H. The van der Waals surface area contributed by atoms with Crippen LogP contribution in [0, 0.1) is 6.92 Å². The summed E-state index contributed by atoms with van der Waals surface area (Å²) in [7, 11) is 0. The Labute approximate surface area is 159 Å². The van der Waals surface area contributed by atoms with Crippen LogP contribution in [0.2, 0.25) is 5.02 Å². The van der Waals surface area contributed by atoms with Crippen molar-refractivity contribution in [2.75, 3.05) is 6.54 Å². The highest BCUT2D eigenvalue weighted by Crippen LogP contribution is 2.23. The van der Waals surface area contributed by atoms with E-state index >= 15 is 0 Å². The van der Waals surface area contributed by atoms with Gasteiger partial charge in [-0.15, -0.1) is 12.4 Å². The minimum atomic E-state index is -0.0270. The van der Waals surface area contributed by atoms with E-state index in [4.69, 9.17) is 17.3 Å². The van der Waals surface area contributed by atoms with Gasteiger partial charge in [-0.3, -0.25) is 4.79 Å². The lowest BCUT2D eigenvalue weighted by Crippen LogP contribution is -2.51. The molecule has 1 aliphatic rings. The van der Waals surface area contributed by atoms with Crippen molar-refractivity contribution in [1.82, 2.24) is 14.7 Å². The Morgan fingerprint density at radius 1 is 1.32 bits per heavy atom. The summed E-state index contributed by atoms with van der Waals surface area (Å²) < 4.78 is 1.73. The minimum Gasteiger partial charge on any atom is -0.334 e. The van der Waals surface area contributed by atoms with Gasteiger partial charge in [0.25, 0.3) is 5.91 Å². The fourth-order valence-corrected chi connectivity index (χ4v) is 3.43. The summed E-state index contributed by atoms with van der Waals surface area (Å²) in [5, 5.41) is 5.16. The molecule has 1 amide bonds. The molecule has 3 rings (SSSR count). The number of carbonyl (C=O) groups excluding carboxylic acids is 1. The lowest BCUT2D eigenvalue weighted by atomic mass is 9.96. The highest BCUT2D eigenvalue weighted by Gasteiger charge is 2.31. The summed E-state index contributed by atoms with van der Waals surface area (Å²) >= 11 is 5.93. The number of benzene rings is 1. The summed E-state index contributed by atoms with van der Waals surface area (Å²) in [6.45, 7) is 4.60. The van der Waals surface area contributed by atoms with Crippen LogP contribution in [0.5, 0.6) is 0 Å². The third kappa shape index (κ3) is 4.17. The Bertz CT molecular complexity index is 727. The SMILES string of the molecule is Cc1nn(-c2ccc(Cl)cc2)cc1C(=O)N1CCCCC1C(C)N.Cl. The van der Waals surface area contributed by atoms with E-state index in [0.717, 1.165) is 37.2 Å². The van der Waals surface area contributed by atoms with E-state index in [-0.39, 0.29) is 30.4 Å². The molecule has 2 atom stereocenters. The second kappa shape index (κ2) is 8.21. The van der Waals surface area contributed by atoms with Crippen molar-refractivity contribution in [3.8, 4) is 5.69 Å². The van der Waals surface area contributed by atoms with Crippen LogP contribution in [-0.4, -0.2) is 39.2 Å². The number of rotatable bonds is 3. The number of aromatic nitrogens is 2. The second-order valence-electron chi connectivity index (χ2n) is 6.47. The fourth-order valence-electron chi connectivity index (χ4n) is 3.31. The van der Waals surface area contributed by atoms with Gasteiger partial charge in [0.05, 0.1) is 16.9 Å². The number of hydrogen-bond acceptors (Lipinski definition) is 3. The van der Waals surface area contributed by atoms with E-state index in [1.807, 2.05) is 43.0 Å². The Balaban J connectivity index is 0.00000225. The van der Waals surface area contributed by atoms with Crippen LogP contribution < -0.4 is 5.73 Å². The van der Waals surface area contributed by atoms with Gasteiger partial charge in [0.15, 0.2) is 0 Å². The summed E-state index contributed by atoms with van der Waals surface area (Å²) in [5.74, 6) is 0.0229. The first kappa shape index (κ1) is 19.8. The molecular weight excluding hydrogens is 359 g/mol. The van der Waals surface area contributed by atoms with E-state index in [1.165, 1.54) is 0 Å². The molecule has 0 bridgehead atoms. The van der Waals surface area contributed by atoms with E-state index in [2.05, 4.69) is 5.10 Å². The number of hydrogen-bond donors (Lipinski definition) is 1. The Morgan fingerprint density at radius 3 is 2.64 bits per heavy atom. The number of amides is 1. The molecule has 0 radical (unpaired) electrons. The molecule has 7 heteroatoms. The summed E-state index contributed by atoms with van der Waals surface area (Å²) in [4.78, 5) is 15.0. The lowest BCUT2D eigenvalue weighted by Gasteiger charge is -2.38. The average Bonchev–Trinajstić information content (AvgIpc) is 2.96. The largest absolute Gasteiger partial charge is 0.334 e. The molecule has 0 aliphatic carbocycles. The van der Waals surface area contributed by atoms with E-state index in [9.17, 15) is 4.79 Å². The molecule has 0 spiro atoms. The van der Waals surface area contributed by atoms with Crippen molar-refractivity contribution >= 4 is 29.9 Å². The van der Waals surface area contributed by atoms with E-state index < -0.39 is 0 Å². The fraction of sp³-hybridized carbons (Fsp3) is 0.444. The Hall–Kier alpha value is -1.56. The quantitative estimate of drug-likeness (QED) is 0.881. The Morgan fingerprint density at radius 2 is 2.00 bits per heavy atom. The van der Waals surface area contributed by atoms with E-state index in [0.29, 0.717) is 10.6 Å². The van der Waals surface area contributed by atoms with Gasteiger partial charge >= 0.3 is 0 Å². The van der Waals surface area contributed by atoms with Gasteiger partial charge in [-0.2, -0.15) is 5.10 Å². The van der Waals surface area contributed by atoms with Crippen LogP contribution in [0.15, 0.2) is 30.5 Å². The zero-order valence-electron chi connectivity index (χ0n) is 14.5. The summed E-state index contributed by atoms with van der Waals surface area (Å²) in [6.07, 6.45) is 4.92. The zero-order valence-corrected chi connectivity index (χ0v) is 16.1. The molecule has 2 unspecified atom stereocenters. The maximum absolute atomic E-state index is 13.0. The molecular formula is C18H24Cl2N4O. The van der Waals surface area contributed by atoms with Crippen LogP contribution in [0.3, 0.4) is 0 Å². The number of aryl methyl sites for hydroxylation is 1. The van der Waals surface area contributed by atoms with Crippen molar-refractivity contribution in [3.05, 3.63) is 46.7 Å². The second-order valence-corrected chi connectivity index (χ2v) is 6.91. The molecule has 1 aromatic heterocycles. The molecule has 1 fully saturated rings. The number of likely N-dealkylation sites (tertiary alicyclic amines) is 1.